The molecular formula is C24H21BrN2O2S. The van der Waals surface area contributed by atoms with Gasteiger partial charge in [0.25, 0.3) is 5.91 Å². The van der Waals surface area contributed by atoms with E-state index in [1.807, 2.05) is 67.3 Å². The second kappa shape index (κ2) is 8.66. The molecule has 1 aliphatic rings. The first-order chi connectivity index (χ1) is 14.4. The molecule has 0 aliphatic carbocycles. The zero-order valence-electron chi connectivity index (χ0n) is 16.7. The number of hydrogen-bond donors (Lipinski definition) is 1. The number of thioether (sulfide) groups is 1. The van der Waals surface area contributed by atoms with Crippen molar-refractivity contribution in [3.63, 3.8) is 0 Å². The van der Waals surface area contributed by atoms with Crippen molar-refractivity contribution in [2.45, 2.75) is 19.2 Å². The van der Waals surface area contributed by atoms with Gasteiger partial charge in [-0.2, -0.15) is 0 Å². The molecule has 1 fully saturated rings. The number of rotatable bonds is 4. The molecule has 4 rings (SSSR count). The first-order valence-electron chi connectivity index (χ1n) is 9.59. The van der Waals surface area contributed by atoms with Crippen molar-refractivity contribution < 1.29 is 9.59 Å². The predicted octanol–water partition coefficient (Wildman–Crippen LogP) is 6.10. The van der Waals surface area contributed by atoms with Crippen LogP contribution in [0.4, 0.5) is 11.4 Å². The summed E-state index contributed by atoms with van der Waals surface area (Å²) < 4.78 is 0.926. The average Bonchev–Trinajstić information content (AvgIpc) is 3.09. The van der Waals surface area contributed by atoms with Crippen molar-refractivity contribution in [2.24, 2.45) is 0 Å². The third-order valence-electron chi connectivity index (χ3n) is 4.89. The van der Waals surface area contributed by atoms with Gasteiger partial charge in [0.15, 0.2) is 0 Å². The number of nitrogens with zero attached hydrogens (tertiary/aromatic N) is 1. The summed E-state index contributed by atoms with van der Waals surface area (Å²) >= 11 is 4.98. The number of hydrogen-bond acceptors (Lipinski definition) is 3. The van der Waals surface area contributed by atoms with E-state index in [9.17, 15) is 9.59 Å². The van der Waals surface area contributed by atoms with Crippen LogP contribution in [0.15, 0.2) is 71.2 Å². The van der Waals surface area contributed by atoms with Gasteiger partial charge in [0.1, 0.15) is 5.37 Å². The lowest BCUT2D eigenvalue weighted by Crippen LogP contribution is -2.28. The molecule has 4 nitrogen and oxygen atoms in total. The first kappa shape index (κ1) is 20.7. The quantitative estimate of drug-likeness (QED) is 0.490. The molecule has 1 atom stereocenters. The van der Waals surface area contributed by atoms with Crippen molar-refractivity contribution in [3.05, 3.63) is 93.5 Å². The normalized spacial score (nSPS) is 16.0. The molecule has 152 valence electrons. The Morgan fingerprint density at radius 2 is 1.73 bits per heavy atom. The van der Waals surface area contributed by atoms with E-state index in [0.29, 0.717) is 17.0 Å². The molecule has 1 aliphatic heterocycles. The number of benzene rings is 3. The van der Waals surface area contributed by atoms with Gasteiger partial charge in [0.2, 0.25) is 5.91 Å². The van der Waals surface area contributed by atoms with Crippen LogP contribution >= 0.6 is 27.7 Å². The molecule has 0 radical (unpaired) electrons. The van der Waals surface area contributed by atoms with Gasteiger partial charge < -0.3 is 5.32 Å². The topological polar surface area (TPSA) is 49.4 Å². The van der Waals surface area contributed by atoms with Gasteiger partial charge in [0.05, 0.1) is 5.75 Å². The van der Waals surface area contributed by atoms with E-state index in [2.05, 4.69) is 27.3 Å². The number of nitrogens with one attached hydrogen (secondary N) is 1. The van der Waals surface area contributed by atoms with E-state index >= 15 is 0 Å². The van der Waals surface area contributed by atoms with Crippen molar-refractivity contribution in [1.29, 1.82) is 0 Å². The predicted molar refractivity (Wildman–Crippen MR) is 127 cm³/mol. The molecule has 2 amide bonds. The summed E-state index contributed by atoms with van der Waals surface area (Å²) in [5, 5.41) is 2.84. The van der Waals surface area contributed by atoms with E-state index < -0.39 is 0 Å². The molecule has 30 heavy (non-hydrogen) atoms. The van der Waals surface area contributed by atoms with Gasteiger partial charge >= 0.3 is 0 Å². The number of halogens is 1. The highest BCUT2D eigenvalue weighted by molar-refractivity contribution is 9.10. The van der Waals surface area contributed by atoms with Gasteiger partial charge in [-0.3, -0.25) is 14.5 Å². The summed E-state index contributed by atoms with van der Waals surface area (Å²) in [4.78, 5) is 27.1. The standard InChI is InChI=1S/C24H21BrN2O2S/c1-15-10-16(2)12-21(11-15)27-22(28)14-30-24(27)18-4-3-5-20(13-18)26-23(29)17-6-8-19(25)9-7-17/h3-13,24H,14H2,1-2H3,(H,26,29)/t24-/m1/s1. The minimum absolute atomic E-state index is 0.0966. The molecule has 6 heteroatoms. The first-order valence-corrected chi connectivity index (χ1v) is 11.4. The Kier molecular flexibility index (Phi) is 5.97. The zero-order valence-corrected chi connectivity index (χ0v) is 19.1. The zero-order chi connectivity index (χ0) is 21.3. The number of amides is 2. The van der Waals surface area contributed by atoms with Crippen LogP contribution in [0.3, 0.4) is 0 Å². The maximum atomic E-state index is 12.7. The molecule has 1 saturated heterocycles. The fourth-order valence-electron chi connectivity index (χ4n) is 3.61. The summed E-state index contributed by atoms with van der Waals surface area (Å²) in [6.07, 6.45) is 0. The smallest absolute Gasteiger partial charge is 0.255 e. The number of carbonyl (C=O) groups excluding carboxylic acids is 2. The summed E-state index contributed by atoms with van der Waals surface area (Å²) in [5.41, 5.74) is 5.45. The van der Waals surface area contributed by atoms with Crippen molar-refractivity contribution >= 4 is 50.9 Å². The molecule has 3 aromatic carbocycles. The highest BCUT2D eigenvalue weighted by Gasteiger charge is 2.34. The molecule has 0 bridgehead atoms. The Bertz CT molecular complexity index is 1090. The van der Waals surface area contributed by atoms with Gasteiger partial charge in [0, 0.05) is 21.4 Å². The van der Waals surface area contributed by atoms with E-state index in [1.165, 1.54) is 0 Å². The molecule has 3 aromatic rings. The summed E-state index contributed by atoms with van der Waals surface area (Å²) in [6, 6.07) is 21.1. The van der Waals surface area contributed by atoms with E-state index in [0.717, 1.165) is 26.9 Å². The Hall–Kier alpha value is -2.57. The second-order valence-electron chi connectivity index (χ2n) is 7.36. The van der Waals surface area contributed by atoms with Gasteiger partial charge in [-0.25, -0.2) is 0 Å². The largest absolute Gasteiger partial charge is 0.322 e. The van der Waals surface area contributed by atoms with Crippen LogP contribution in [-0.4, -0.2) is 17.6 Å². The van der Waals surface area contributed by atoms with Crippen LogP contribution in [0.25, 0.3) is 0 Å². The SMILES string of the molecule is Cc1cc(C)cc(N2C(=O)CS[C@@H]2c2cccc(NC(=O)c3ccc(Br)cc3)c2)c1. The fourth-order valence-corrected chi connectivity index (χ4v) is 5.05. The molecule has 1 N–H and O–H groups in total. The third kappa shape index (κ3) is 4.45. The number of aryl methyl sites for hydroxylation is 2. The Balaban J connectivity index is 1.60. The van der Waals surface area contributed by atoms with Gasteiger partial charge in [-0.05, 0) is 79.1 Å². The van der Waals surface area contributed by atoms with E-state index in [1.54, 1.807) is 23.9 Å². The van der Waals surface area contributed by atoms with Crippen LogP contribution in [-0.2, 0) is 4.79 Å². The molecular weight excluding hydrogens is 460 g/mol. The van der Waals surface area contributed by atoms with Crippen LogP contribution in [0.1, 0.15) is 32.4 Å². The lowest BCUT2D eigenvalue weighted by Gasteiger charge is -2.25. The fraction of sp³-hybridized carbons (Fsp3) is 0.167. The Morgan fingerprint density at radius 3 is 2.43 bits per heavy atom. The molecule has 1 heterocycles. The lowest BCUT2D eigenvalue weighted by molar-refractivity contribution is -0.115. The second-order valence-corrected chi connectivity index (χ2v) is 9.34. The number of carbonyl (C=O) groups is 2. The third-order valence-corrected chi connectivity index (χ3v) is 6.63. The molecule has 0 spiro atoms. The van der Waals surface area contributed by atoms with Crippen LogP contribution < -0.4 is 10.2 Å². The highest BCUT2D eigenvalue weighted by Crippen LogP contribution is 2.42. The van der Waals surface area contributed by atoms with Gasteiger partial charge in [-0.1, -0.05) is 34.1 Å². The molecule has 0 saturated carbocycles. The minimum atomic E-state index is -0.166. The van der Waals surface area contributed by atoms with Crippen LogP contribution in [0.2, 0.25) is 0 Å². The van der Waals surface area contributed by atoms with Crippen LogP contribution in [0, 0.1) is 13.8 Å². The van der Waals surface area contributed by atoms with Crippen molar-refractivity contribution in [3.8, 4) is 0 Å². The van der Waals surface area contributed by atoms with Gasteiger partial charge in [-0.15, -0.1) is 11.8 Å². The molecule has 0 aromatic heterocycles. The summed E-state index contributed by atoms with van der Waals surface area (Å²) in [7, 11) is 0. The van der Waals surface area contributed by atoms with Crippen LogP contribution in [0.5, 0.6) is 0 Å². The number of anilines is 2. The Morgan fingerprint density at radius 1 is 1.03 bits per heavy atom. The Labute approximate surface area is 188 Å². The minimum Gasteiger partial charge on any atom is -0.322 e. The lowest BCUT2D eigenvalue weighted by atomic mass is 10.1. The average molecular weight is 481 g/mol. The molecule has 0 unspecified atom stereocenters. The van der Waals surface area contributed by atoms with E-state index in [-0.39, 0.29) is 17.2 Å². The summed E-state index contributed by atoms with van der Waals surface area (Å²) in [5.74, 6) is 0.368. The highest BCUT2D eigenvalue weighted by atomic mass is 79.9. The van der Waals surface area contributed by atoms with Crippen molar-refractivity contribution in [2.75, 3.05) is 16.0 Å². The maximum absolute atomic E-state index is 12.7. The van der Waals surface area contributed by atoms with Crippen molar-refractivity contribution in [1.82, 2.24) is 0 Å². The van der Waals surface area contributed by atoms with E-state index in [4.69, 9.17) is 0 Å². The maximum Gasteiger partial charge on any atom is 0.255 e. The monoisotopic (exact) mass is 480 g/mol. The summed E-state index contributed by atoms with van der Waals surface area (Å²) in [6.45, 7) is 4.08.